The number of amides is 1. The third-order valence-electron chi connectivity index (χ3n) is 5.20. The number of nitriles is 1. The van der Waals surface area contributed by atoms with Gasteiger partial charge in [0.2, 0.25) is 0 Å². The van der Waals surface area contributed by atoms with Crippen molar-refractivity contribution in [3.8, 4) is 6.07 Å². The second kappa shape index (κ2) is 10.3. The molecule has 0 spiro atoms. The maximum Gasteiger partial charge on any atom is 0.348 e. The molecule has 172 valence electrons. The Bertz CT molecular complexity index is 1360. The van der Waals surface area contributed by atoms with E-state index in [2.05, 4.69) is 5.10 Å². The van der Waals surface area contributed by atoms with Crippen molar-refractivity contribution in [1.82, 2.24) is 9.78 Å². The second-order valence-corrected chi connectivity index (χ2v) is 8.59. The number of ether oxygens (including phenoxy) is 1. The van der Waals surface area contributed by atoms with Crippen LogP contribution in [0.1, 0.15) is 27.3 Å². The van der Waals surface area contributed by atoms with E-state index < -0.39 is 24.3 Å². The molecule has 0 radical (unpaired) electrons. The normalized spacial score (nSPS) is 10.7. The number of hydrogen-bond donors (Lipinski definition) is 0. The van der Waals surface area contributed by atoms with Crippen LogP contribution < -0.4 is 4.90 Å². The van der Waals surface area contributed by atoms with Crippen molar-refractivity contribution in [2.24, 2.45) is 0 Å². The number of aryl methyl sites for hydroxylation is 1. The molecule has 4 rings (SSSR count). The lowest BCUT2D eigenvalue weighted by Crippen LogP contribution is -2.35. The second-order valence-electron chi connectivity index (χ2n) is 7.56. The summed E-state index contributed by atoms with van der Waals surface area (Å²) < 4.78 is 20.4. The van der Waals surface area contributed by atoms with Crippen molar-refractivity contribution in [3.63, 3.8) is 0 Å². The Kier molecular flexibility index (Phi) is 6.99. The molecule has 0 saturated carbocycles. The predicted molar refractivity (Wildman–Crippen MR) is 127 cm³/mol. The summed E-state index contributed by atoms with van der Waals surface area (Å²) in [5.41, 5.74) is 2.32. The molecule has 0 saturated heterocycles. The maximum atomic E-state index is 13.3. The third-order valence-corrected chi connectivity index (χ3v) is 6.33. The van der Waals surface area contributed by atoms with E-state index in [1.54, 1.807) is 6.07 Å². The quantitative estimate of drug-likeness (QED) is 0.344. The van der Waals surface area contributed by atoms with Crippen molar-refractivity contribution >= 4 is 39.1 Å². The summed E-state index contributed by atoms with van der Waals surface area (Å²) in [5, 5.41) is 14.3. The Hall–Kier alpha value is -4.03. The minimum Gasteiger partial charge on any atom is -0.451 e. The van der Waals surface area contributed by atoms with Crippen LogP contribution in [0.15, 0.2) is 60.7 Å². The maximum absolute atomic E-state index is 13.3. The topological polar surface area (TPSA) is 88.2 Å². The highest BCUT2D eigenvalue weighted by molar-refractivity contribution is 7.20. The molecule has 0 unspecified atom stereocenters. The van der Waals surface area contributed by atoms with Crippen molar-refractivity contribution in [2.45, 2.75) is 19.9 Å². The lowest BCUT2D eigenvalue weighted by molar-refractivity contribution is -0.121. The van der Waals surface area contributed by atoms with Gasteiger partial charge in [0, 0.05) is 17.6 Å². The predicted octanol–water partition coefficient (Wildman–Crippen LogP) is 4.70. The molecule has 0 atom stereocenters. The number of esters is 1. The zero-order chi connectivity index (χ0) is 24.1. The fraction of sp³-hybridized carbons (Fsp3) is 0.200. The highest BCUT2D eigenvalue weighted by Crippen LogP contribution is 2.29. The molecule has 2 heterocycles. The number of hydrogen-bond acceptors (Lipinski definition) is 6. The monoisotopic (exact) mass is 476 g/mol. The van der Waals surface area contributed by atoms with Crippen LogP contribution in [0.2, 0.25) is 0 Å². The van der Waals surface area contributed by atoms with Gasteiger partial charge < -0.3 is 9.64 Å². The first-order valence-corrected chi connectivity index (χ1v) is 11.4. The average molecular weight is 477 g/mol. The van der Waals surface area contributed by atoms with E-state index in [9.17, 15) is 14.0 Å². The summed E-state index contributed by atoms with van der Waals surface area (Å²) in [6, 6.07) is 18.9. The van der Waals surface area contributed by atoms with Crippen molar-refractivity contribution in [3.05, 3.63) is 82.6 Å². The SMILES string of the molecule is Cc1nn(Cc2ccccc2)c2sc(C(=O)OCC(=O)N(CCC#N)c3ccc(F)cc3)cc12. The molecule has 2 aromatic heterocycles. The van der Waals surface area contributed by atoms with E-state index in [4.69, 9.17) is 10.00 Å². The van der Waals surface area contributed by atoms with Crippen LogP contribution in [-0.2, 0) is 16.1 Å². The number of carbonyl (C=O) groups excluding carboxylic acids is 2. The van der Waals surface area contributed by atoms with Gasteiger partial charge in [0.25, 0.3) is 5.91 Å². The molecule has 0 aliphatic carbocycles. The number of fused-ring (bicyclic) bond motifs is 1. The van der Waals surface area contributed by atoms with E-state index in [-0.39, 0.29) is 13.0 Å². The first-order chi connectivity index (χ1) is 16.5. The van der Waals surface area contributed by atoms with E-state index in [1.165, 1.54) is 40.5 Å². The molecule has 0 bridgehead atoms. The Labute approximate surface area is 199 Å². The van der Waals surface area contributed by atoms with Crippen LogP contribution in [-0.4, -0.2) is 34.8 Å². The highest BCUT2D eigenvalue weighted by atomic mass is 32.1. The molecule has 0 N–H and O–H groups in total. The number of nitrogens with zero attached hydrogens (tertiary/aromatic N) is 4. The summed E-state index contributed by atoms with van der Waals surface area (Å²) >= 11 is 1.26. The molecule has 34 heavy (non-hydrogen) atoms. The summed E-state index contributed by atoms with van der Waals surface area (Å²) in [6.45, 7) is 2.07. The fourth-order valence-corrected chi connectivity index (χ4v) is 4.59. The average Bonchev–Trinajstić information content (AvgIpc) is 3.40. The van der Waals surface area contributed by atoms with E-state index in [0.717, 1.165) is 21.5 Å². The molecular formula is C25H21FN4O3S. The Balaban J connectivity index is 1.47. The number of rotatable bonds is 8. The molecule has 9 heteroatoms. The molecule has 2 aromatic carbocycles. The molecule has 0 aliphatic heterocycles. The number of benzene rings is 2. The number of thiophene rings is 1. The van der Waals surface area contributed by atoms with E-state index in [1.807, 2.05) is 48.0 Å². The van der Waals surface area contributed by atoms with Gasteiger partial charge >= 0.3 is 5.97 Å². The van der Waals surface area contributed by atoms with Crippen molar-refractivity contribution < 1.29 is 18.7 Å². The van der Waals surface area contributed by atoms with E-state index in [0.29, 0.717) is 17.1 Å². The zero-order valence-corrected chi connectivity index (χ0v) is 19.2. The van der Waals surface area contributed by atoms with Gasteiger partial charge in [-0.25, -0.2) is 9.18 Å². The molecule has 0 aliphatic rings. The van der Waals surface area contributed by atoms with Gasteiger partial charge in [0.15, 0.2) is 6.61 Å². The fourth-order valence-electron chi connectivity index (χ4n) is 3.53. The van der Waals surface area contributed by atoms with Crippen molar-refractivity contribution in [1.29, 1.82) is 5.26 Å². The first-order valence-electron chi connectivity index (χ1n) is 10.6. The number of halogens is 1. The van der Waals surface area contributed by atoms with Gasteiger partial charge in [-0.15, -0.1) is 11.3 Å². The minimum atomic E-state index is -0.612. The molecule has 1 amide bonds. The van der Waals surface area contributed by atoms with Gasteiger partial charge in [0.1, 0.15) is 15.5 Å². The Morgan fingerprint density at radius 2 is 1.91 bits per heavy atom. The Morgan fingerprint density at radius 1 is 1.18 bits per heavy atom. The van der Waals surface area contributed by atoms with Crippen LogP contribution in [0, 0.1) is 24.1 Å². The summed E-state index contributed by atoms with van der Waals surface area (Å²) in [7, 11) is 0. The van der Waals surface area contributed by atoms with Gasteiger partial charge in [-0.2, -0.15) is 10.4 Å². The van der Waals surface area contributed by atoms with Gasteiger partial charge in [-0.3, -0.25) is 9.48 Å². The number of aromatic nitrogens is 2. The lowest BCUT2D eigenvalue weighted by Gasteiger charge is -2.21. The molecule has 0 fully saturated rings. The minimum absolute atomic E-state index is 0.0879. The summed E-state index contributed by atoms with van der Waals surface area (Å²) in [6.07, 6.45) is 0.0879. The van der Waals surface area contributed by atoms with Crippen LogP contribution in [0.4, 0.5) is 10.1 Å². The third kappa shape index (κ3) is 5.13. The summed E-state index contributed by atoms with van der Waals surface area (Å²) in [5.74, 6) is -1.55. The van der Waals surface area contributed by atoms with Crippen LogP contribution in [0.25, 0.3) is 10.2 Å². The van der Waals surface area contributed by atoms with Crippen LogP contribution in [0.5, 0.6) is 0 Å². The van der Waals surface area contributed by atoms with Crippen LogP contribution in [0.3, 0.4) is 0 Å². The van der Waals surface area contributed by atoms with E-state index >= 15 is 0 Å². The van der Waals surface area contributed by atoms with Crippen LogP contribution >= 0.6 is 11.3 Å². The highest BCUT2D eigenvalue weighted by Gasteiger charge is 2.21. The molecule has 7 nitrogen and oxygen atoms in total. The van der Waals surface area contributed by atoms with Gasteiger partial charge in [0.05, 0.1) is 24.7 Å². The zero-order valence-electron chi connectivity index (χ0n) is 18.4. The van der Waals surface area contributed by atoms with Gasteiger partial charge in [-0.1, -0.05) is 30.3 Å². The van der Waals surface area contributed by atoms with Gasteiger partial charge in [-0.05, 0) is 42.8 Å². The summed E-state index contributed by atoms with van der Waals surface area (Å²) in [4.78, 5) is 28.0. The largest absolute Gasteiger partial charge is 0.451 e. The lowest BCUT2D eigenvalue weighted by atomic mass is 10.2. The Morgan fingerprint density at radius 3 is 2.62 bits per heavy atom. The molecular weight excluding hydrogens is 455 g/mol. The number of carbonyl (C=O) groups is 2. The smallest absolute Gasteiger partial charge is 0.348 e. The number of anilines is 1. The first kappa shape index (κ1) is 23.1. The van der Waals surface area contributed by atoms with Crippen molar-refractivity contribution in [2.75, 3.05) is 18.1 Å². The standard InChI is InChI=1S/C25H21FN4O3S/c1-17-21-14-22(34-24(21)30(28-17)15-18-6-3-2-4-7-18)25(32)33-16-23(31)29(13-5-12-27)20-10-8-19(26)9-11-20/h2-4,6-11,14H,5,13,15-16H2,1H3. The molecule has 4 aromatic rings.